The molecule has 19 heavy (non-hydrogen) atoms. The van der Waals surface area contributed by atoms with Crippen LogP contribution in [-0.2, 0) is 9.59 Å². The van der Waals surface area contributed by atoms with Gasteiger partial charge in [0.2, 0.25) is 0 Å². The molecule has 0 heterocycles. The number of ether oxygens (including phenoxy) is 1. The lowest BCUT2D eigenvalue weighted by atomic mass is 10.1. The number of halogens is 1. The minimum Gasteiger partial charge on any atom is -0.480 e. The fourth-order valence-corrected chi connectivity index (χ4v) is 1.78. The molecule has 0 atom stereocenters. The molecule has 0 aliphatic carbocycles. The van der Waals surface area contributed by atoms with Crippen LogP contribution >= 0.6 is 11.6 Å². The highest BCUT2D eigenvalue weighted by atomic mass is 35.5. The summed E-state index contributed by atoms with van der Waals surface area (Å²) in [6, 6.07) is 6.67. The summed E-state index contributed by atoms with van der Waals surface area (Å²) in [4.78, 5) is 23.8. The summed E-state index contributed by atoms with van der Waals surface area (Å²) < 4.78 is 5.58. The molecule has 1 aromatic carbocycles. The minimum atomic E-state index is -1.17. The van der Waals surface area contributed by atoms with Crippen LogP contribution in [0.5, 0.6) is 5.75 Å². The highest BCUT2D eigenvalue weighted by Crippen LogP contribution is 2.23. The van der Waals surface area contributed by atoms with Gasteiger partial charge < -0.3 is 14.7 Å². The molecule has 0 unspecified atom stereocenters. The zero-order valence-corrected chi connectivity index (χ0v) is 11.8. The first kappa shape index (κ1) is 15.3. The summed E-state index contributed by atoms with van der Waals surface area (Å²) >= 11 is 5.83. The molecule has 1 N–H and O–H groups in total. The van der Waals surface area contributed by atoms with Crippen molar-refractivity contribution in [3.63, 3.8) is 0 Å². The van der Waals surface area contributed by atoms with Crippen LogP contribution in [0.4, 0.5) is 0 Å². The molecule has 0 saturated carbocycles. The van der Waals surface area contributed by atoms with Gasteiger partial charge in [0.15, 0.2) is 5.60 Å². The largest absolute Gasteiger partial charge is 0.480 e. The second-order valence-corrected chi connectivity index (χ2v) is 5.06. The van der Waals surface area contributed by atoms with Crippen molar-refractivity contribution < 1.29 is 19.4 Å². The Hall–Kier alpha value is -1.75. The molecule has 1 amide bonds. The van der Waals surface area contributed by atoms with E-state index in [2.05, 4.69) is 0 Å². The standard InChI is InChI=1S/C13H16ClNO4/c1-13(2,12(18)15(3)8-11(16)17)19-10-6-4-5-9(14)7-10/h4-7H,8H2,1-3H3,(H,16,17). The number of rotatable bonds is 5. The van der Waals surface area contributed by atoms with E-state index in [1.54, 1.807) is 38.1 Å². The molecule has 0 radical (unpaired) electrons. The van der Waals surface area contributed by atoms with E-state index in [0.717, 1.165) is 4.90 Å². The molecule has 0 bridgehead atoms. The van der Waals surface area contributed by atoms with Gasteiger partial charge in [0.1, 0.15) is 12.3 Å². The Morgan fingerprint density at radius 2 is 2.05 bits per heavy atom. The van der Waals surface area contributed by atoms with Gasteiger partial charge in [-0.2, -0.15) is 0 Å². The van der Waals surface area contributed by atoms with E-state index in [1.165, 1.54) is 7.05 Å². The summed E-state index contributed by atoms with van der Waals surface area (Å²) in [6.07, 6.45) is 0. The Morgan fingerprint density at radius 1 is 1.42 bits per heavy atom. The fourth-order valence-electron chi connectivity index (χ4n) is 1.60. The van der Waals surface area contributed by atoms with Crippen LogP contribution in [-0.4, -0.2) is 41.1 Å². The van der Waals surface area contributed by atoms with Crippen molar-refractivity contribution in [1.29, 1.82) is 0 Å². The second kappa shape index (κ2) is 5.93. The van der Waals surface area contributed by atoms with E-state index in [-0.39, 0.29) is 6.54 Å². The lowest BCUT2D eigenvalue weighted by Gasteiger charge is -2.29. The van der Waals surface area contributed by atoms with Crippen LogP contribution in [0, 0.1) is 0 Å². The normalized spacial score (nSPS) is 10.9. The predicted octanol–water partition coefficient (Wildman–Crippen LogP) is 2.04. The van der Waals surface area contributed by atoms with Gasteiger partial charge in [-0.3, -0.25) is 9.59 Å². The third-order valence-corrected chi connectivity index (χ3v) is 2.64. The van der Waals surface area contributed by atoms with Crippen molar-refractivity contribution >= 4 is 23.5 Å². The van der Waals surface area contributed by atoms with Gasteiger partial charge in [-0.15, -0.1) is 0 Å². The van der Waals surface area contributed by atoms with Gasteiger partial charge in [0.05, 0.1) is 0 Å². The van der Waals surface area contributed by atoms with Crippen molar-refractivity contribution in [3.05, 3.63) is 29.3 Å². The Bertz CT molecular complexity index is 487. The molecule has 0 fully saturated rings. The first-order valence-electron chi connectivity index (χ1n) is 5.64. The first-order valence-corrected chi connectivity index (χ1v) is 6.02. The fraction of sp³-hybridized carbons (Fsp3) is 0.385. The smallest absolute Gasteiger partial charge is 0.323 e. The maximum Gasteiger partial charge on any atom is 0.323 e. The third-order valence-electron chi connectivity index (χ3n) is 2.40. The quantitative estimate of drug-likeness (QED) is 0.899. The van der Waals surface area contributed by atoms with Crippen LogP contribution in [0.1, 0.15) is 13.8 Å². The lowest BCUT2D eigenvalue weighted by Crippen LogP contribution is -2.48. The average Bonchev–Trinajstić information content (AvgIpc) is 2.26. The molecule has 1 rings (SSSR count). The summed E-state index contributed by atoms with van der Waals surface area (Å²) in [5.74, 6) is -1.04. The zero-order chi connectivity index (χ0) is 14.6. The van der Waals surface area contributed by atoms with Crippen molar-refractivity contribution in [2.75, 3.05) is 13.6 Å². The van der Waals surface area contributed by atoms with E-state index in [1.807, 2.05) is 0 Å². The number of hydrogen-bond acceptors (Lipinski definition) is 3. The number of carbonyl (C=O) groups excluding carboxylic acids is 1. The minimum absolute atomic E-state index is 0.374. The van der Waals surface area contributed by atoms with E-state index in [0.29, 0.717) is 10.8 Å². The number of hydrogen-bond donors (Lipinski definition) is 1. The molecule has 0 spiro atoms. The molecule has 5 nitrogen and oxygen atoms in total. The number of benzene rings is 1. The molecule has 6 heteroatoms. The summed E-state index contributed by atoms with van der Waals surface area (Å²) in [6.45, 7) is 2.78. The Labute approximate surface area is 116 Å². The van der Waals surface area contributed by atoms with Crippen LogP contribution in [0.15, 0.2) is 24.3 Å². The Morgan fingerprint density at radius 3 is 2.58 bits per heavy atom. The average molecular weight is 286 g/mol. The van der Waals surface area contributed by atoms with Gasteiger partial charge in [-0.1, -0.05) is 17.7 Å². The van der Waals surface area contributed by atoms with Gasteiger partial charge in [-0.05, 0) is 32.0 Å². The number of carboxylic acids is 1. The van der Waals surface area contributed by atoms with Crippen molar-refractivity contribution in [2.24, 2.45) is 0 Å². The Kier molecular flexibility index (Phi) is 4.78. The second-order valence-electron chi connectivity index (χ2n) is 4.62. The number of likely N-dealkylation sites (N-methyl/N-ethyl adjacent to an activating group) is 1. The van der Waals surface area contributed by atoms with E-state index >= 15 is 0 Å². The van der Waals surface area contributed by atoms with Crippen molar-refractivity contribution in [1.82, 2.24) is 4.90 Å². The number of aliphatic carboxylic acids is 1. The number of carboxylic acid groups (broad SMARTS) is 1. The highest BCUT2D eigenvalue weighted by molar-refractivity contribution is 6.30. The molecule has 0 aliphatic rings. The molecule has 1 aromatic rings. The monoisotopic (exact) mass is 285 g/mol. The molecular formula is C13H16ClNO4. The van der Waals surface area contributed by atoms with E-state index < -0.39 is 17.5 Å². The first-order chi connectivity index (χ1) is 8.72. The molecule has 104 valence electrons. The van der Waals surface area contributed by atoms with Crippen molar-refractivity contribution in [3.8, 4) is 5.75 Å². The van der Waals surface area contributed by atoms with Crippen LogP contribution in [0.3, 0.4) is 0 Å². The summed E-state index contributed by atoms with van der Waals surface area (Å²) in [5.41, 5.74) is -1.17. The molecule has 0 aliphatic heterocycles. The van der Waals surface area contributed by atoms with E-state index in [4.69, 9.17) is 21.4 Å². The zero-order valence-electron chi connectivity index (χ0n) is 11.0. The van der Waals surface area contributed by atoms with Gasteiger partial charge in [0, 0.05) is 12.1 Å². The summed E-state index contributed by atoms with van der Waals surface area (Å²) in [7, 11) is 1.42. The predicted molar refractivity (Wildman–Crippen MR) is 71.4 cm³/mol. The van der Waals surface area contributed by atoms with Crippen LogP contribution < -0.4 is 4.74 Å². The molecular weight excluding hydrogens is 270 g/mol. The number of nitrogens with zero attached hydrogens (tertiary/aromatic N) is 1. The van der Waals surface area contributed by atoms with Crippen LogP contribution in [0.25, 0.3) is 0 Å². The Balaban J connectivity index is 2.80. The van der Waals surface area contributed by atoms with Gasteiger partial charge in [-0.25, -0.2) is 0 Å². The number of amides is 1. The summed E-state index contributed by atoms with van der Waals surface area (Å²) in [5, 5.41) is 9.17. The maximum atomic E-state index is 12.1. The van der Waals surface area contributed by atoms with Gasteiger partial charge >= 0.3 is 5.97 Å². The van der Waals surface area contributed by atoms with Crippen LogP contribution in [0.2, 0.25) is 5.02 Å². The van der Waals surface area contributed by atoms with Crippen molar-refractivity contribution in [2.45, 2.75) is 19.4 Å². The lowest BCUT2D eigenvalue weighted by molar-refractivity contribution is -0.150. The topological polar surface area (TPSA) is 66.8 Å². The maximum absolute atomic E-state index is 12.1. The molecule has 0 aromatic heterocycles. The molecule has 0 saturated heterocycles. The number of carbonyl (C=O) groups is 2. The highest BCUT2D eigenvalue weighted by Gasteiger charge is 2.33. The van der Waals surface area contributed by atoms with Gasteiger partial charge in [0.25, 0.3) is 5.91 Å². The van der Waals surface area contributed by atoms with E-state index in [9.17, 15) is 9.59 Å². The SMILES string of the molecule is CN(CC(=O)O)C(=O)C(C)(C)Oc1cccc(Cl)c1. The third kappa shape index (κ3) is 4.44.